The van der Waals surface area contributed by atoms with Crippen molar-refractivity contribution in [3.63, 3.8) is 0 Å². The maximum absolute atomic E-state index is 13.3. The third kappa shape index (κ3) is 4.27. The van der Waals surface area contributed by atoms with Crippen LogP contribution in [0.3, 0.4) is 0 Å². The summed E-state index contributed by atoms with van der Waals surface area (Å²) in [7, 11) is 0. The van der Waals surface area contributed by atoms with Crippen molar-refractivity contribution in [2.24, 2.45) is 5.73 Å². The molecule has 0 saturated heterocycles. The maximum atomic E-state index is 13.3. The third-order valence-corrected chi connectivity index (χ3v) is 2.44. The quantitative estimate of drug-likeness (QED) is 0.819. The SMILES string of the molecule is Cl.N[C@@H](CC(F)(F)F)c1cccc(Br)c1F. The molecule has 0 spiro atoms. The van der Waals surface area contributed by atoms with Crippen LogP contribution in [0.5, 0.6) is 0 Å². The molecule has 0 aliphatic carbocycles. The fourth-order valence-electron chi connectivity index (χ4n) is 1.17. The zero-order chi connectivity index (χ0) is 11.6. The molecular weight excluding hydrogens is 313 g/mol. The fourth-order valence-corrected chi connectivity index (χ4v) is 1.55. The van der Waals surface area contributed by atoms with E-state index < -0.39 is 24.5 Å². The van der Waals surface area contributed by atoms with Crippen LogP contribution in [0.2, 0.25) is 0 Å². The predicted molar refractivity (Wildman–Crippen MR) is 58.9 cm³/mol. The molecule has 0 amide bonds. The first-order chi connectivity index (χ1) is 6.81. The minimum Gasteiger partial charge on any atom is -0.324 e. The van der Waals surface area contributed by atoms with Gasteiger partial charge in [0.1, 0.15) is 5.82 Å². The second-order valence-electron chi connectivity index (χ2n) is 3.07. The lowest BCUT2D eigenvalue weighted by atomic mass is 10.0. The highest BCUT2D eigenvalue weighted by atomic mass is 79.9. The van der Waals surface area contributed by atoms with Crippen molar-refractivity contribution in [3.05, 3.63) is 34.1 Å². The van der Waals surface area contributed by atoms with E-state index in [1.54, 1.807) is 0 Å². The summed E-state index contributed by atoms with van der Waals surface area (Å²) in [5.74, 6) is -0.741. The first-order valence-electron chi connectivity index (χ1n) is 4.07. The van der Waals surface area contributed by atoms with Crippen LogP contribution in [0.1, 0.15) is 18.0 Å². The van der Waals surface area contributed by atoms with E-state index in [1.165, 1.54) is 18.2 Å². The fraction of sp³-hybridized carbons (Fsp3) is 0.333. The Kier molecular flexibility index (Phi) is 5.72. The summed E-state index contributed by atoms with van der Waals surface area (Å²) in [4.78, 5) is 0. The van der Waals surface area contributed by atoms with Crippen LogP contribution < -0.4 is 5.73 Å². The lowest BCUT2D eigenvalue weighted by Gasteiger charge is -2.15. The Hall–Kier alpha value is -0.330. The standard InChI is InChI=1S/C9H8BrF4N.ClH/c10-6-3-1-2-5(8(6)11)7(15)4-9(12,13)14;/h1-3,7H,4,15H2;1H/t7-;/m0./s1. The van der Waals surface area contributed by atoms with E-state index in [0.717, 1.165) is 0 Å². The second-order valence-corrected chi connectivity index (χ2v) is 3.92. The van der Waals surface area contributed by atoms with Crippen LogP contribution in [0, 0.1) is 5.82 Å². The largest absolute Gasteiger partial charge is 0.390 e. The van der Waals surface area contributed by atoms with Crippen LogP contribution in [-0.4, -0.2) is 6.18 Å². The number of benzene rings is 1. The number of halogens is 6. The molecule has 0 fully saturated rings. The van der Waals surface area contributed by atoms with Gasteiger partial charge in [0, 0.05) is 11.6 Å². The van der Waals surface area contributed by atoms with Gasteiger partial charge in [-0.2, -0.15) is 13.2 Å². The molecule has 1 atom stereocenters. The molecule has 2 N–H and O–H groups in total. The summed E-state index contributed by atoms with van der Waals surface area (Å²) in [6, 6.07) is 2.72. The number of nitrogens with two attached hydrogens (primary N) is 1. The first kappa shape index (κ1) is 15.7. The Bertz CT molecular complexity index is 356. The monoisotopic (exact) mass is 321 g/mol. The summed E-state index contributed by atoms with van der Waals surface area (Å²) < 4.78 is 49.5. The molecule has 0 radical (unpaired) electrons. The van der Waals surface area contributed by atoms with Gasteiger partial charge in [-0.05, 0) is 22.0 Å². The molecule has 7 heteroatoms. The van der Waals surface area contributed by atoms with Crippen molar-refractivity contribution in [2.75, 3.05) is 0 Å². The average Bonchev–Trinajstić information content (AvgIpc) is 2.06. The van der Waals surface area contributed by atoms with Gasteiger partial charge in [0.2, 0.25) is 0 Å². The minimum absolute atomic E-state index is 0. The van der Waals surface area contributed by atoms with Gasteiger partial charge < -0.3 is 5.73 Å². The van der Waals surface area contributed by atoms with Gasteiger partial charge >= 0.3 is 6.18 Å². The smallest absolute Gasteiger partial charge is 0.324 e. The molecule has 0 aliphatic heterocycles. The Morgan fingerprint density at radius 3 is 2.38 bits per heavy atom. The van der Waals surface area contributed by atoms with Gasteiger partial charge in [0.25, 0.3) is 0 Å². The van der Waals surface area contributed by atoms with E-state index in [0.29, 0.717) is 0 Å². The molecule has 16 heavy (non-hydrogen) atoms. The molecule has 0 saturated carbocycles. The van der Waals surface area contributed by atoms with Crippen LogP contribution >= 0.6 is 28.3 Å². The van der Waals surface area contributed by atoms with E-state index >= 15 is 0 Å². The van der Waals surface area contributed by atoms with Crippen molar-refractivity contribution < 1.29 is 17.6 Å². The number of hydrogen-bond donors (Lipinski definition) is 1. The molecular formula is C9H9BrClF4N. The summed E-state index contributed by atoms with van der Waals surface area (Å²) in [5, 5.41) is 0. The Balaban J connectivity index is 0.00000225. The predicted octanol–water partition coefficient (Wildman–Crippen LogP) is 3.96. The van der Waals surface area contributed by atoms with Crippen LogP contribution in [0.25, 0.3) is 0 Å². The molecule has 0 aliphatic rings. The van der Waals surface area contributed by atoms with Gasteiger partial charge in [-0.3, -0.25) is 0 Å². The topological polar surface area (TPSA) is 26.0 Å². The van der Waals surface area contributed by atoms with E-state index in [4.69, 9.17) is 5.73 Å². The molecule has 0 bridgehead atoms. The minimum atomic E-state index is -4.39. The normalized spacial score (nSPS) is 13.1. The van der Waals surface area contributed by atoms with Crippen molar-refractivity contribution in [1.29, 1.82) is 0 Å². The summed E-state index contributed by atoms with van der Waals surface area (Å²) in [6.45, 7) is 0. The third-order valence-electron chi connectivity index (χ3n) is 1.83. The van der Waals surface area contributed by atoms with Crippen molar-refractivity contribution in [3.8, 4) is 0 Å². The molecule has 0 heterocycles. The lowest BCUT2D eigenvalue weighted by molar-refractivity contribution is -0.138. The number of rotatable bonds is 2. The van der Waals surface area contributed by atoms with Gasteiger partial charge in [0.05, 0.1) is 10.9 Å². The van der Waals surface area contributed by atoms with Gasteiger partial charge in [-0.1, -0.05) is 12.1 Å². The summed E-state index contributed by atoms with van der Waals surface area (Å²) >= 11 is 2.88. The Morgan fingerprint density at radius 1 is 1.31 bits per heavy atom. The highest BCUT2D eigenvalue weighted by Crippen LogP contribution is 2.30. The first-order valence-corrected chi connectivity index (χ1v) is 4.87. The number of alkyl halides is 3. The molecule has 0 unspecified atom stereocenters. The van der Waals surface area contributed by atoms with E-state index in [2.05, 4.69) is 15.9 Å². The summed E-state index contributed by atoms with van der Waals surface area (Å²) in [6.07, 6.45) is -5.63. The summed E-state index contributed by atoms with van der Waals surface area (Å²) in [5.41, 5.74) is 5.13. The molecule has 92 valence electrons. The van der Waals surface area contributed by atoms with Crippen LogP contribution in [-0.2, 0) is 0 Å². The van der Waals surface area contributed by atoms with Gasteiger partial charge in [-0.25, -0.2) is 4.39 Å². The molecule has 1 aromatic rings. The zero-order valence-corrected chi connectivity index (χ0v) is 10.3. The molecule has 1 nitrogen and oxygen atoms in total. The zero-order valence-electron chi connectivity index (χ0n) is 7.89. The van der Waals surface area contributed by atoms with Crippen molar-refractivity contribution >= 4 is 28.3 Å². The van der Waals surface area contributed by atoms with E-state index in [9.17, 15) is 17.6 Å². The van der Waals surface area contributed by atoms with Crippen molar-refractivity contribution in [1.82, 2.24) is 0 Å². The van der Waals surface area contributed by atoms with Gasteiger partial charge in [0.15, 0.2) is 0 Å². The van der Waals surface area contributed by atoms with Crippen LogP contribution in [0.15, 0.2) is 22.7 Å². The van der Waals surface area contributed by atoms with E-state index in [-0.39, 0.29) is 22.4 Å². The van der Waals surface area contributed by atoms with E-state index in [1.807, 2.05) is 0 Å². The molecule has 0 aromatic heterocycles. The Labute approximate surface area is 105 Å². The molecule has 1 aromatic carbocycles. The van der Waals surface area contributed by atoms with Gasteiger partial charge in [-0.15, -0.1) is 12.4 Å². The second kappa shape index (κ2) is 5.84. The van der Waals surface area contributed by atoms with Crippen LogP contribution in [0.4, 0.5) is 17.6 Å². The molecule has 1 rings (SSSR count). The highest BCUT2D eigenvalue weighted by molar-refractivity contribution is 9.10. The average molecular weight is 323 g/mol. The Morgan fingerprint density at radius 2 is 1.88 bits per heavy atom. The van der Waals surface area contributed by atoms with Crippen molar-refractivity contribution in [2.45, 2.75) is 18.6 Å². The number of hydrogen-bond acceptors (Lipinski definition) is 1. The lowest BCUT2D eigenvalue weighted by Crippen LogP contribution is -2.21. The maximum Gasteiger partial charge on any atom is 0.390 e. The highest BCUT2D eigenvalue weighted by Gasteiger charge is 2.32.